The number of fused-ring (bicyclic) bond motifs is 3. The number of ether oxygens (including phenoxy) is 1. The van der Waals surface area contributed by atoms with E-state index in [-0.39, 0.29) is 24.2 Å². The lowest BCUT2D eigenvalue weighted by molar-refractivity contribution is 0.0887. The number of methoxy groups -OCH3 is 1. The van der Waals surface area contributed by atoms with Crippen molar-refractivity contribution >= 4 is 46.9 Å². The van der Waals surface area contributed by atoms with Crippen molar-refractivity contribution in [2.24, 2.45) is 0 Å². The number of amides is 2. The van der Waals surface area contributed by atoms with Gasteiger partial charge in [0.15, 0.2) is 0 Å². The second-order valence-corrected chi connectivity index (χ2v) is 7.61. The molecule has 0 bridgehead atoms. The van der Waals surface area contributed by atoms with Gasteiger partial charge in [-0.1, -0.05) is 24.3 Å². The molecule has 4 rings (SSSR count). The molecule has 0 radical (unpaired) electrons. The first-order valence-corrected chi connectivity index (χ1v) is 10.4. The van der Waals surface area contributed by atoms with Crippen molar-refractivity contribution in [3.63, 3.8) is 0 Å². The van der Waals surface area contributed by atoms with Crippen LogP contribution in [0.25, 0.3) is 10.9 Å². The minimum absolute atomic E-state index is 0. The summed E-state index contributed by atoms with van der Waals surface area (Å²) in [5.41, 5.74) is 4.18. The van der Waals surface area contributed by atoms with E-state index < -0.39 is 6.09 Å². The molecule has 2 amide bonds. The summed E-state index contributed by atoms with van der Waals surface area (Å²) in [4.78, 5) is 38.2. The van der Waals surface area contributed by atoms with Gasteiger partial charge in [0.1, 0.15) is 0 Å². The van der Waals surface area contributed by atoms with E-state index in [0.717, 1.165) is 35.0 Å². The van der Waals surface area contributed by atoms with Crippen LogP contribution in [0.1, 0.15) is 39.3 Å². The third-order valence-corrected chi connectivity index (χ3v) is 5.75. The van der Waals surface area contributed by atoms with Crippen molar-refractivity contribution in [1.29, 1.82) is 0 Å². The molecule has 1 N–H and O–H groups in total. The molecule has 7 nitrogen and oxygen atoms in total. The van der Waals surface area contributed by atoms with Gasteiger partial charge in [-0.15, -0.1) is 12.4 Å². The van der Waals surface area contributed by atoms with E-state index in [2.05, 4.69) is 5.32 Å². The molecule has 32 heavy (non-hydrogen) atoms. The Morgan fingerprint density at radius 3 is 2.69 bits per heavy atom. The van der Waals surface area contributed by atoms with Gasteiger partial charge in [-0.25, -0.2) is 4.79 Å². The smallest absolute Gasteiger partial charge is 0.413 e. The predicted molar refractivity (Wildman–Crippen MR) is 126 cm³/mol. The monoisotopic (exact) mass is 455 g/mol. The van der Waals surface area contributed by atoms with Crippen LogP contribution in [-0.4, -0.2) is 43.2 Å². The molecular formula is C24H26ClN3O4. The standard InChI is InChI=1S/C24H25N3O4.ClH/c1-26(24(30)31-2)17-8-5-7-16(15-17)23(29)25-14-13-19-18-9-3-4-10-20(18)27-21(19)11-6-12-22(27)28;/h3-5,7-10,15H,6,11-14H2,1-2H3,(H,25,29);1H. The zero-order valence-corrected chi connectivity index (χ0v) is 18.9. The van der Waals surface area contributed by atoms with E-state index >= 15 is 0 Å². The minimum atomic E-state index is -0.502. The molecule has 1 aromatic heterocycles. The van der Waals surface area contributed by atoms with E-state index in [1.807, 2.05) is 28.8 Å². The van der Waals surface area contributed by atoms with Gasteiger partial charge in [-0.05, 0) is 49.1 Å². The van der Waals surface area contributed by atoms with Crippen molar-refractivity contribution in [1.82, 2.24) is 9.88 Å². The molecule has 1 aliphatic rings. The Bertz CT molecular complexity index is 1170. The quantitative estimate of drug-likeness (QED) is 0.624. The molecule has 0 saturated heterocycles. The Kier molecular flexibility index (Phi) is 7.20. The zero-order valence-electron chi connectivity index (χ0n) is 18.1. The lowest BCUT2D eigenvalue weighted by Gasteiger charge is -2.17. The van der Waals surface area contributed by atoms with E-state index in [1.165, 1.54) is 12.0 Å². The van der Waals surface area contributed by atoms with E-state index in [0.29, 0.717) is 30.6 Å². The number of hydrogen-bond donors (Lipinski definition) is 1. The SMILES string of the molecule is COC(=O)N(C)c1cccc(C(=O)NCCc2c3n(c4ccccc24)C(=O)CCC3)c1.Cl. The maximum Gasteiger partial charge on any atom is 0.413 e. The number of carbonyl (C=O) groups excluding carboxylic acids is 3. The highest BCUT2D eigenvalue weighted by Gasteiger charge is 2.24. The fraction of sp³-hybridized carbons (Fsp3) is 0.292. The van der Waals surface area contributed by atoms with Gasteiger partial charge >= 0.3 is 6.09 Å². The Hall–Kier alpha value is -3.32. The third-order valence-electron chi connectivity index (χ3n) is 5.75. The van der Waals surface area contributed by atoms with Crippen LogP contribution in [0, 0.1) is 0 Å². The van der Waals surface area contributed by atoms with Gasteiger partial charge in [0.05, 0.1) is 12.6 Å². The van der Waals surface area contributed by atoms with Crippen molar-refractivity contribution in [3.05, 3.63) is 65.4 Å². The summed E-state index contributed by atoms with van der Waals surface area (Å²) in [5.74, 6) is -0.0761. The molecule has 2 heterocycles. The molecule has 0 spiro atoms. The molecular weight excluding hydrogens is 430 g/mol. The molecule has 3 aromatic rings. The van der Waals surface area contributed by atoms with Gasteiger partial charge in [0.2, 0.25) is 5.91 Å². The average molecular weight is 456 g/mol. The number of aromatic nitrogens is 1. The van der Waals surface area contributed by atoms with Crippen LogP contribution in [-0.2, 0) is 17.6 Å². The molecule has 0 atom stereocenters. The summed E-state index contributed by atoms with van der Waals surface area (Å²) in [6.07, 6.45) is 2.43. The molecule has 8 heteroatoms. The molecule has 0 aliphatic carbocycles. The first-order chi connectivity index (χ1) is 15.0. The molecule has 2 aromatic carbocycles. The zero-order chi connectivity index (χ0) is 22.0. The number of hydrogen-bond acceptors (Lipinski definition) is 4. The lowest BCUT2D eigenvalue weighted by atomic mass is 10.0. The van der Waals surface area contributed by atoms with Gasteiger partial charge in [-0.3, -0.25) is 19.1 Å². The lowest BCUT2D eigenvalue weighted by Crippen LogP contribution is -2.28. The van der Waals surface area contributed by atoms with Gasteiger partial charge in [-0.2, -0.15) is 0 Å². The maximum absolute atomic E-state index is 12.7. The van der Waals surface area contributed by atoms with E-state index in [4.69, 9.17) is 4.74 Å². The summed E-state index contributed by atoms with van der Waals surface area (Å²) in [7, 11) is 2.90. The summed E-state index contributed by atoms with van der Waals surface area (Å²) >= 11 is 0. The van der Waals surface area contributed by atoms with Crippen molar-refractivity contribution < 1.29 is 19.1 Å². The largest absolute Gasteiger partial charge is 0.452 e. The summed E-state index contributed by atoms with van der Waals surface area (Å²) in [6, 6.07) is 14.8. The third kappa shape index (κ3) is 4.34. The van der Waals surface area contributed by atoms with Crippen LogP contribution in [0.3, 0.4) is 0 Å². The van der Waals surface area contributed by atoms with Crippen LogP contribution in [0.15, 0.2) is 48.5 Å². The highest BCUT2D eigenvalue weighted by Crippen LogP contribution is 2.31. The summed E-state index contributed by atoms with van der Waals surface area (Å²) in [5, 5.41) is 4.03. The number of anilines is 1. The predicted octanol–water partition coefficient (Wildman–Crippen LogP) is 4.21. The Morgan fingerprint density at radius 1 is 1.12 bits per heavy atom. The molecule has 1 aliphatic heterocycles. The van der Waals surface area contributed by atoms with Gasteiger partial charge in [0.25, 0.3) is 5.91 Å². The van der Waals surface area contributed by atoms with Gasteiger partial charge < -0.3 is 10.1 Å². The van der Waals surface area contributed by atoms with Crippen LogP contribution in [0.2, 0.25) is 0 Å². The topological polar surface area (TPSA) is 80.6 Å². The fourth-order valence-electron chi connectivity index (χ4n) is 4.21. The number of nitrogens with zero attached hydrogens (tertiary/aromatic N) is 2. The molecule has 0 fully saturated rings. The number of benzene rings is 2. The minimum Gasteiger partial charge on any atom is -0.452 e. The highest BCUT2D eigenvalue weighted by atomic mass is 35.5. The Morgan fingerprint density at radius 2 is 1.91 bits per heavy atom. The molecule has 168 valence electrons. The fourth-order valence-corrected chi connectivity index (χ4v) is 4.21. The normalized spacial score (nSPS) is 12.6. The Balaban J connectivity index is 0.00000289. The number of halogens is 1. The average Bonchev–Trinajstić information content (AvgIpc) is 3.13. The summed E-state index contributed by atoms with van der Waals surface area (Å²) < 4.78 is 6.57. The first kappa shape index (κ1) is 23.3. The van der Waals surface area contributed by atoms with E-state index in [9.17, 15) is 14.4 Å². The number of para-hydroxylation sites is 1. The number of nitrogens with one attached hydrogen (secondary N) is 1. The molecule has 0 saturated carbocycles. The second kappa shape index (κ2) is 9.87. The van der Waals surface area contributed by atoms with Crippen LogP contribution < -0.4 is 10.2 Å². The van der Waals surface area contributed by atoms with Crippen LogP contribution in [0.5, 0.6) is 0 Å². The van der Waals surface area contributed by atoms with Gasteiger partial charge in [0, 0.05) is 42.3 Å². The van der Waals surface area contributed by atoms with Crippen molar-refractivity contribution in [2.75, 3.05) is 25.6 Å². The Labute approximate surface area is 192 Å². The molecule has 0 unspecified atom stereocenters. The first-order valence-electron chi connectivity index (χ1n) is 10.4. The van der Waals surface area contributed by atoms with Crippen LogP contribution >= 0.6 is 12.4 Å². The summed E-state index contributed by atoms with van der Waals surface area (Å²) in [6.45, 7) is 0.450. The van der Waals surface area contributed by atoms with Crippen molar-refractivity contribution in [3.8, 4) is 0 Å². The van der Waals surface area contributed by atoms with E-state index in [1.54, 1.807) is 31.3 Å². The highest BCUT2D eigenvalue weighted by molar-refractivity contribution is 5.98. The van der Waals surface area contributed by atoms with Crippen LogP contribution in [0.4, 0.5) is 10.5 Å². The maximum atomic E-state index is 12.7. The van der Waals surface area contributed by atoms with Crippen molar-refractivity contribution in [2.45, 2.75) is 25.7 Å². The number of carbonyl (C=O) groups is 3. The number of rotatable bonds is 5. The second-order valence-electron chi connectivity index (χ2n) is 7.61.